The van der Waals surface area contributed by atoms with Gasteiger partial charge in [-0.15, -0.1) is 0 Å². The molecular weight excluding hydrogens is 336 g/mol. The first kappa shape index (κ1) is 16.6. The number of carbonyl (C=O) groups is 2. The van der Waals surface area contributed by atoms with Gasteiger partial charge in [0.15, 0.2) is 21.3 Å². The summed E-state index contributed by atoms with van der Waals surface area (Å²) in [5.74, 6) is 0.412. The van der Waals surface area contributed by atoms with Crippen molar-refractivity contribution in [2.75, 3.05) is 18.3 Å². The lowest BCUT2D eigenvalue weighted by Gasteiger charge is -2.11. The number of nitrogens with one attached hydrogen (secondary N) is 2. The highest BCUT2D eigenvalue weighted by Gasteiger charge is 2.29. The average molecular weight is 354 g/mol. The molecule has 2 aliphatic heterocycles. The molecule has 2 aliphatic rings. The summed E-state index contributed by atoms with van der Waals surface area (Å²) < 4.78 is 33.1. The van der Waals surface area contributed by atoms with Crippen molar-refractivity contribution >= 4 is 21.7 Å². The van der Waals surface area contributed by atoms with Crippen molar-refractivity contribution in [3.63, 3.8) is 0 Å². The molecule has 0 spiro atoms. The van der Waals surface area contributed by atoms with E-state index in [1.54, 1.807) is 18.2 Å². The van der Waals surface area contributed by atoms with E-state index < -0.39 is 27.7 Å². The minimum atomic E-state index is -3.06. The molecule has 1 atom stereocenters. The summed E-state index contributed by atoms with van der Waals surface area (Å²) in [6, 6.07) is 4.93. The van der Waals surface area contributed by atoms with Crippen LogP contribution < -0.4 is 20.1 Å². The smallest absolute Gasteiger partial charge is 0.231 e. The topological polar surface area (TPSA) is 111 Å². The molecule has 2 N–H and O–H groups in total. The third-order valence-electron chi connectivity index (χ3n) is 3.85. The second kappa shape index (κ2) is 6.68. The normalized spacial score (nSPS) is 20.6. The Morgan fingerprint density at radius 1 is 1.17 bits per heavy atom. The lowest BCUT2D eigenvalue weighted by atomic mass is 10.2. The molecular formula is C15H18N2O6S. The number of hydrogen-bond acceptors (Lipinski definition) is 6. The van der Waals surface area contributed by atoms with Crippen LogP contribution in [0.2, 0.25) is 0 Å². The van der Waals surface area contributed by atoms with Gasteiger partial charge in [0.2, 0.25) is 18.6 Å². The van der Waals surface area contributed by atoms with Gasteiger partial charge in [0.25, 0.3) is 0 Å². The molecule has 2 amide bonds. The molecule has 0 aliphatic carbocycles. The van der Waals surface area contributed by atoms with Gasteiger partial charge in [0.05, 0.1) is 11.5 Å². The van der Waals surface area contributed by atoms with Crippen LogP contribution in [-0.2, 0) is 26.0 Å². The van der Waals surface area contributed by atoms with Gasteiger partial charge in [-0.25, -0.2) is 8.42 Å². The van der Waals surface area contributed by atoms with E-state index in [1.807, 2.05) is 0 Å². The number of rotatable bonds is 5. The van der Waals surface area contributed by atoms with Gasteiger partial charge >= 0.3 is 0 Å². The lowest BCUT2D eigenvalue weighted by molar-refractivity contribution is -0.129. The van der Waals surface area contributed by atoms with Crippen LogP contribution in [0.4, 0.5) is 0 Å². The van der Waals surface area contributed by atoms with E-state index in [4.69, 9.17) is 9.47 Å². The Labute approximate surface area is 139 Å². The summed E-state index contributed by atoms with van der Waals surface area (Å²) in [7, 11) is -3.06. The number of carbonyl (C=O) groups excluding carboxylic acids is 2. The summed E-state index contributed by atoms with van der Waals surface area (Å²) in [4.78, 5) is 23.6. The molecule has 8 nitrogen and oxygen atoms in total. The van der Waals surface area contributed by atoms with Crippen molar-refractivity contribution in [3.05, 3.63) is 23.8 Å². The highest BCUT2D eigenvalue weighted by Crippen LogP contribution is 2.32. The first-order valence-corrected chi connectivity index (χ1v) is 9.38. The maximum absolute atomic E-state index is 11.8. The summed E-state index contributed by atoms with van der Waals surface area (Å²) in [5.41, 5.74) is 0.829. The van der Waals surface area contributed by atoms with Crippen LogP contribution in [0.15, 0.2) is 18.2 Å². The van der Waals surface area contributed by atoms with Gasteiger partial charge in [0.1, 0.15) is 6.42 Å². The second-order valence-corrected chi connectivity index (χ2v) is 8.04. The number of ether oxygens (including phenoxy) is 2. The van der Waals surface area contributed by atoms with Gasteiger partial charge in [0, 0.05) is 12.6 Å². The van der Waals surface area contributed by atoms with E-state index in [2.05, 4.69) is 10.6 Å². The quantitative estimate of drug-likeness (QED) is 0.704. The first-order chi connectivity index (χ1) is 11.4. The van der Waals surface area contributed by atoms with Crippen LogP contribution in [0.3, 0.4) is 0 Å². The van der Waals surface area contributed by atoms with E-state index in [-0.39, 0.29) is 31.3 Å². The predicted octanol–water partition coefficient (Wildman–Crippen LogP) is -0.275. The fourth-order valence-corrected chi connectivity index (χ4v) is 4.32. The fraction of sp³-hybridized carbons (Fsp3) is 0.467. The van der Waals surface area contributed by atoms with Crippen molar-refractivity contribution in [3.8, 4) is 11.5 Å². The highest BCUT2D eigenvalue weighted by molar-refractivity contribution is 7.91. The molecule has 1 unspecified atom stereocenters. The third kappa shape index (κ3) is 4.16. The zero-order chi connectivity index (χ0) is 17.2. The van der Waals surface area contributed by atoms with E-state index in [1.165, 1.54) is 0 Å². The van der Waals surface area contributed by atoms with Crippen molar-refractivity contribution in [1.82, 2.24) is 10.6 Å². The predicted molar refractivity (Wildman–Crippen MR) is 84.2 cm³/mol. The molecule has 24 heavy (non-hydrogen) atoms. The molecule has 1 saturated heterocycles. The van der Waals surface area contributed by atoms with Crippen LogP contribution in [0.5, 0.6) is 11.5 Å². The molecule has 1 fully saturated rings. The molecule has 0 bridgehead atoms. The van der Waals surface area contributed by atoms with E-state index in [9.17, 15) is 18.0 Å². The van der Waals surface area contributed by atoms with Gasteiger partial charge < -0.3 is 20.1 Å². The van der Waals surface area contributed by atoms with Crippen LogP contribution >= 0.6 is 0 Å². The van der Waals surface area contributed by atoms with Crippen molar-refractivity contribution in [2.45, 2.75) is 25.4 Å². The van der Waals surface area contributed by atoms with Gasteiger partial charge in [-0.05, 0) is 24.1 Å². The van der Waals surface area contributed by atoms with Crippen LogP contribution in [0.1, 0.15) is 18.4 Å². The SMILES string of the molecule is O=C(CC(=O)NC1CCS(=O)(=O)C1)NCc1ccc2c(c1)OCO2. The van der Waals surface area contributed by atoms with Crippen LogP contribution in [-0.4, -0.2) is 44.6 Å². The number of hydrogen-bond donors (Lipinski definition) is 2. The fourth-order valence-electron chi connectivity index (χ4n) is 2.65. The molecule has 1 aromatic carbocycles. The average Bonchev–Trinajstić information content (AvgIpc) is 3.10. The number of amides is 2. The summed E-state index contributed by atoms with van der Waals surface area (Å²) in [5, 5.41) is 5.23. The Hall–Kier alpha value is -2.29. The molecule has 0 saturated carbocycles. The zero-order valence-corrected chi connectivity index (χ0v) is 13.7. The molecule has 0 aromatic heterocycles. The first-order valence-electron chi connectivity index (χ1n) is 7.56. The maximum Gasteiger partial charge on any atom is 0.231 e. The Morgan fingerprint density at radius 2 is 1.96 bits per heavy atom. The molecule has 9 heteroatoms. The molecule has 130 valence electrons. The van der Waals surface area contributed by atoms with Crippen LogP contribution in [0, 0.1) is 0 Å². The van der Waals surface area contributed by atoms with Crippen molar-refractivity contribution in [1.29, 1.82) is 0 Å². The van der Waals surface area contributed by atoms with Crippen molar-refractivity contribution < 1.29 is 27.5 Å². The monoisotopic (exact) mass is 354 g/mol. The molecule has 0 radical (unpaired) electrons. The molecule has 2 heterocycles. The molecule has 1 aromatic rings. The number of sulfone groups is 1. The Kier molecular flexibility index (Phi) is 4.61. The zero-order valence-electron chi connectivity index (χ0n) is 12.9. The largest absolute Gasteiger partial charge is 0.454 e. The van der Waals surface area contributed by atoms with Crippen molar-refractivity contribution in [2.24, 2.45) is 0 Å². The van der Waals surface area contributed by atoms with Gasteiger partial charge in [-0.3, -0.25) is 9.59 Å². The standard InChI is InChI=1S/C15H18N2O6S/c18-14(6-15(19)17-11-3-4-24(20,21)8-11)16-7-10-1-2-12-13(5-10)23-9-22-12/h1-2,5,11H,3-4,6-9H2,(H,16,18)(H,17,19). The number of fused-ring (bicyclic) bond motifs is 1. The highest BCUT2D eigenvalue weighted by atomic mass is 32.2. The minimum absolute atomic E-state index is 0.0580. The Morgan fingerprint density at radius 3 is 2.71 bits per heavy atom. The number of benzene rings is 1. The molecule has 3 rings (SSSR count). The minimum Gasteiger partial charge on any atom is -0.454 e. The summed E-state index contributed by atoms with van der Waals surface area (Å²) >= 11 is 0. The second-order valence-electron chi connectivity index (χ2n) is 5.81. The third-order valence-corrected chi connectivity index (χ3v) is 5.61. The van der Waals surface area contributed by atoms with Crippen LogP contribution in [0.25, 0.3) is 0 Å². The summed E-state index contributed by atoms with van der Waals surface area (Å²) in [6.45, 7) is 0.447. The van der Waals surface area contributed by atoms with E-state index in [0.29, 0.717) is 17.9 Å². The Balaban J connectivity index is 1.43. The van der Waals surface area contributed by atoms with Gasteiger partial charge in [-0.2, -0.15) is 0 Å². The summed E-state index contributed by atoms with van der Waals surface area (Å²) in [6.07, 6.45) is 0.0635. The lowest BCUT2D eigenvalue weighted by Crippen LogP contribution is -2.38. The Bertz CT molecular complexity index is 761. The van der Waals surface area contributed by atoms with E-state index >= 15 is 0 Å². The van der Waals surface area contributed by atoms with E-state index in [0.717, 1.165) is 5.56 Å². The maximum atomic E-state index is 11.8. The van der Waals surface area contributed by atoms with Gasteiger partial charge in [-0.1, -0.05) is 6.07 Å².